The van der Waals surface area contributed by atoms with E-state index in [1.807, 2.05) is 40.4 Å². The van der Waals surface area contributed by atoms with Crippen molar-refractivity contribution in [3.63, 3.8) is 0 Å². The number of thiazole rings is 1. The molecule has 1 fully saturated rings. The van der Waals surface area contributed by atoms with E-state index >= 15 is 0 Å². The van der Waals surface area contributed by atoms with Gasteiger partial charge in [0.2, 0.25) is 0 Å². The molecule has 0 bridgehead atoms. The summed E-state index contributed by atoms with van der Waals surface area (Å²) >= 11 is 3.81. The van der Waals surface area contributed by atoms with Gasteiger partial charge in [0.25, 0.3) is 22.7 Å². The third-order valence-electron chi connectivity index (χ3n) is 7.37. The van der Waals surface area contributed by atoms with Gasteiger partial charge in [-0.1, -0.05) is 34.7 Å². The number of anilines is 1. The van der Waals surface area contributed by atoms with Gasteiger partial charge in [0.15, 0.2) is 35.1 Å². The summed E-state index contributed by atoms with van der Waals surface area (Å²) in [7, 11) is 0. The zero-order valence-electron chi connectivity index (χ0n) is 24.4. The molecule has 4 aromatic rings. The maximum absolute atomic E-state index is 13.5. The van der Waals surface area contributed by atoms with Crippen molar-refractivity contribution in [2.75, 3.05) is 11.5 Å². The van der Waals surface area contributed by atoms with E-state index in [0.717, 1.165) is 32.5 Å². The molecule has 3 atom stereocenters. The summed E-state index contributed by atoms with van der Waals surface area (Å²) in [5.41, 5.74) is 5.02. The molecule has 5 heterocycles. The molecule has 7 N–H and O–H groups in total. The van der Waals surface area contributed by atoms with Gasteiger partial charge in [-0.25, -0.2) is 14.6 Å². The third kappa shape index (κ3) is 6.15. The number of carboxylic acid groups (broad SMARTS) is 2. The highest BCUT2D eigenvalue weighted by atomic mass is 32.2. The summed E-state index contributed by atoms with van der Waals surface area (Å²) in [6.45, 7) is 0.480. The number of thioether (sulfide) groups is 1. The number of nitrogens with two attached hydrogens (primary N) is 1. The molecule has 6 rings (SSSR count). The fraction of sp³-hybridized carbons (Fsp3) is 0.167. The van der Waals surface area contributed by atoms with E-state index in [1.54, 1.807) is 17.4 Å². The summed E-state index contributed by atoms with van der Waals surface area (Å²) in [5.74, 6) is -5.66. The molecular formula is C30H25N6O9S3+. The largest absolute Gasteiger partial charge is 0.504 e. The number of aliphatic carboxylic acids is 2. The van der Waals surface area contributed by atoms with Crippen LogP contribution in [0.15, 0.2) is 81.9 Å². The number of rotatable bonds is 11. The van der Waals surface area contributed by atoms with Crippen LogP contribution in [0.4, 0.5) is 5.13 Å². The predicted octanol–water partition coefficient (Wildman–Crippen LogP) is 2.18. The normalized spacial score (nSPS) is 18.5. The van der Waals surface area contributed by atoms with Crippen molar-refractivity contribution in [3.05, 3.63) is 88.0 Å². The molecule has 0 spiro atoms. The van der Waals surface area contributed by atoms with Gasteiger partial charge in [-0.05, 0) is 35.2 Å². The van der Waals surface area contributed by atoms with Crippen LogP contribution in [0.25, 0.3) is 10.2 Å². The number of β-lactam (4-membered cyclic amide) rings is 1. The smallest absolute Gasteiger partial charge is 0.352 e. The van der Waals surface area contributed by atoms with Crippen LogP contribution in [0.5, 0.6) is 11.5 Å². The molecule has 1 aromatic carbocycles. The van der Waals surface area contributed by atoms with Crippen molar-refractivity contribution in [2.45, 2.75) is 24.1 Å². The Morgan fingerprint density at radius 3 is 2.73 bits per heavy atom. The topological polar surface area (TPSA) is 229 Å². The Labute approximate surface area is 282 Å². The molecule has 2 aliphatic heterocycles. The first-order chi connectivity index (χ1) is 23.0. The second-order valence-electron chi connectivity index (χ2n) is 10.3. The van der Waals surface area contributed by atoms with Crippen LogP contribution in [-0.2, 0) is 30.6 Å². The molecule has 246 valence electrons. The molecule has 0 aliphatic carbocycles. The predicted molar refractivity (Wildman–Crippen MR) is 175 cm³/mol. The van der Waals surface area contributed by atoms with Crippen LogP contribution >= 0.6 is 34.4 Å². The fourth-order valence-electron chi connectivity index (χ4n) is 5.12. The molecule has 3 aromatic heterocycles. The van der Waals surface area contributed by atoms with E-state index in [2.05, 4.69) is 15.5 Å². The number of benzene rings is 1. The SMILES string of the molecule is Nc1nc(C(=NOC(C(=O)O)c2cccc(O)c2O)C(=O)NC2C(=O)N3C(C(=O)O)=C(C=CC[n+]4cccc5ccsc54)CSC23)cs1. The summed E-state index contributed by atoms with van der Waals surface area (Å²) in [5, 5.41) is 49.8. The minimum absolute atomic E-state index is 0.0573. The number of pyridine rings is 1. The number of hydrogen-bond donors (Lipinski definition) is 6. The number of aromatic hydroxyl groups is 2. The Balaban J connectivity index is 1.21. The number of carbonyl (C=O) groups excluding carboxylic acids is 2. The number of amides is 2. The van der Waals surface area contributed by atoms with Gasteiger partial charge in [0.05, 0.1) is 10.9 Å². The maximum Gasteiger partial charge on any atom is 0.352 e. The third-order valence-corrected chi connectivity index (χ3v) is 10.3. The molecule has 15 nitrogen and oxygen atoms in total. The maximum atomic E-state index is 13.5. The van der Waals surface area contributed by atoms with E-state index in [1.165, 1.54) is 29.3 Å². The number of para-hydroxylation sites is 1. The number of carbonyl (C=O) groups is 4. The number of hydrogen-bond acceptors (Lipinski definition) is 13. The first-order valence-electron chi connectivity index (χ1n) is 14.0. The summed E-state index contributed by atoms with van der Waals surface area (Å²) in [6.07, 6.45) is 3.49. The van der Waals surface area contributed by atoms with Crippen LogP contribution in [0, 0.1) is 0 Å². The number of phenols is 2. The minimum Gasteiger partial charge on any atom is -0.504 e. The van der Waals surface area contributed by atoms with Crippen molar-refractivity contribution in [3.8, 4) is 11.5 Å². The molecule has 2 amide bonds. The average molecular weight is 710 g/mol. The van der Waals surface area contributed by atoms with Crippen molar-refractivity contribution < 1.29 is 49.0 Å². The number of nitrogens with zero attached hydrogens (tertiary/aromatic N) is 4. The van der Waals surface area contributed by atoms with Crippen molar-refractivity contribution in [2.24, 2.45) is 5.16 Å². The lowest BCUT2D eigenvalue weighted by molar-refractivity contribution is -0.658. The lowest BCUT2D eigenvalue weighted by Crippen LogP contribution is -2.71. The van der Waals surface area contributed by atoms with E-state index in [4.69, 9.17) is 10.6 Å². The lowest BCUT2D eigenvalue weighted by atomic mass is 10.0. The van der Waals surface area contributed by atoms with Crippen LogP contribution in [-0.4, -0.2) is 76.9 Å². The van der Waals surface area contributed by atoms with E-state index in [-0.39, 0.29) is 27.8 Å². The van der Waals surface area contributed by atoms with Crippen molar-refractivity contribution >= 4 is 79.2 Å². The van der Waals surface area contributed by atoms with Crippen LogP contribution < -0.4 is 15.6 Å². The number of fused-ring (bicyclic) bond motifs is 2. The second kappa shape index (κ2) is 13.3. The number of allylic oxidation sites excluding steroid dienone is 2. The van der Waals surface area contributed by atoms with Crippen molar-refractivity contribution in [1.82, 2.24) is 15.2 Å². The fourth-order valence-corrected chi connectivity index (χ4v) is 7.88. The monoisotopic (exact) mass is 709 g/mol. The van der Waals surface area contributed by atoms with E-state index in [9.17, 15) is 39.6 Å². The van der Waals surface area contributed by atoms with Gasteiger partial charge < -0.3 is 36.3 Å². The van der Waals surface area contributed by atoms with E-state index < -0.39 is 58.5 Å². The Hall–Kier alpha value is -5.46. The first-order valence-corrected chi connectivity index (χ1v) is 16.8. The number of aromatic nitrogens is 2. The van der Waals surface area contributed by atoms with Gasteiger partial charge in [-0.3, -0.25) is 14.5 Å². The van der Waals surface area contributed by atoms with Crippen LogP contribution in [0.2, 0.25) is 0 Å². The number of oxime groups is 1. The van der Waals surface area contributed by atoms with Gasteiger partial charge >= 0.3 is 11.9 Å². The van der Waals surface area contributed by atoms with Crippen molar-refractivity contribution in [1.29, 1.82) is 0 Å². The highest BCUT2D eigenvalue weighted by Gasteiger charge is 2.54. The van der Waals surface area contributed by atoms with Gasteiger partial charge in [0.1, 0.15) is 22.8 Å². The molecule has 18 heteroatoms. The van der Waals surface area contributed by atoms with Crippen LogP contribution in [0.1, 0.15) is 17.4 Å². The standard InChI is InChI=1S/C30H24N6O9S3/c31-30-32-17(13-48-30)19(34-45-23(29(43)44)16-6-1-7-18(37)22(16)38)24(39)33-20-25(40)36-21(28(41)42)15(12-47-27(20)36)5-3-10-35-9-2-4-14-8-11-46-26(14)35/h1-9,11,13,20,23,27H,10,12H2,(H6-,31,32,33,34,37,38,39,41,42,43,44)/p+1. The van der Waals surface area contributed by atoms with Gasteiger partial charge in [-0.15, -0.1) is 23.1 Å². The quantitative estimate of drug-likeness (QED) is 0.0433. The number of phenolic OH excluding ortho intramolecular Hbond substituents is 2. The molecule has 3 unspecified atom stereocenters. The number of carboxylic acids is 2. The zero-order chi connectivity index (χ0) is 34.1. The lowest BCUT2D eigenvalue weighted by Gasteiger charge is -2.49. The van der Waals surface area contributed by atoms with Gasteiger partial charge in [0, 0.05) is 17.2 Å². The molecule has 1 saturated heterocycles. The molecule has 0 saturated carbocycles. The highest BCUT2D eigenvalue weighted by molar-refractivity contribution is 8.00. The molecule has 48 heavy (non-hydrogen) atoms. The Bertz CT molecular complexity index is 2060. The number of nitrogen functional groups attached to an aromatic ring is 1. The Morgan fingerprint density at radius 2 is 2.00 bits per heavy atom. The first kappa shape index (κ1) is 32.5. The second-order valence-corrected chi connectivity index (χ2v) is 13.2. The zero-order valence-corrected chi connectivity index (χ0v) is 26.9. The Morgan fingerprint density at radius 1 is 1.19 bits per heavy atom. The van der Waals surface area contributed by atoms with Crippen LogP contribution in [0.3, 0.4) is 0 Å². The molecule has 0 radical (unpaired) electrons. The summed E-state index contributed by atoms with van der Waals surface area (Å²) in [6, 6.07) is 8.39. The number of thiophene rings is 1. The summed E-state index contributed by atoms with van der Waals surface area (Å²) < 4.78 is 2.03. The molecule has 2 aliphatic rings. The van der Waals surface area contributed by atoms with Gasteiger partial charge in [-0.2, -0.15) is 4.57 Å². The minimum atomic E-state index is -1.95. The van der Waals surface area contributed by atoms with E-state index in [0.29, 0.717) is 12.1 Å². The molecular weight excluding hydrogens is 685 g/mol. The number of nitrogens with one attached hydrogen (secondary N) is 1. The Kier molecular flexibility index (Phi) is 9.03. The summed E-state index contributed by atoms with van der Waals surface area (Å²) in [4.78, 5) is 62.5. The highest BCUT2D eigenvalue weighted by Crippen LogP contribution is 2.41. The average Bonchev–Trinajstić information content (AvgIpc) is 3.72.